The van der Waals surface area contributed by atoms with E-state index in [1.807, 2.05) is 38.1 Å². The molecule has 0 spiro atoms. The summed E-state index contributed by atoms with van der Waals surface area (Å²) in [5.74, 6) is 2.50. The Balaban J connectivity index is 1.94. The van der Waals surface area contributed by atoms with Crippen molar-refractivity contribution >= 4 is 0 Å². The third-order valence-electron chi connectivity index (χ3n) is 3.98. The van der Waals surface area contributed by atoms with E-state index in [-0.39, 0.29) is 11.6 Å². The minimum Gasteiger partial charge on any atom is -0.296 e. The predicted octanol–water partition coefficient (Wildman–Crippen LogP) is 2.20. The van der Waals surface area contributed by atoms with E-state index in [0.717, 1.165) is 28.9 Å². The second-order valence-electron chi connectivity index (χ2n) is 6.36. The summed E-state index contributed by atoms with van der Waals surface area (Å²) in [5, 5.41) is 4.59. The van der Waals surface area contributed by atoms with Gasteiger partial charge in [0.05, 0.1) is 0 Å². The van der Waals surface area contributed by atoms with Crippen molar-refractivity contribution in [2.45, 2.75) is 46.6 Å². The van der Waals surface area contributed by atoms with Gasteiger partial charge in [-0.2, -0.15) is 9.67 Å². The van der Waals surface area contributed by atoms with Crippen LogP contribution >= 0.6 is 0 Å². The van der Waals surface area contributed by atoms with Crippen molar-refractivity contribution in [3.05, 3.63) is 64.0 Å². The largest absolute Gasteiger partial charge is 0.347 e. The Hall–Kier alpha value is -2.83. The van der Waals surface area contributed by atoms with Crippen LogP contribution < -0.4 is 5.69 Å². The molecule has 0 atom stereocenters. The average Bonchev–Trinajstić information content (AvgIpc) is 2.99. The first-order valence-electron chi connectivity index (χ1n) is 8.38. The van der Waals surface area contributed by atoms with Crippen LogP contribution in [0.4, 0.5) is 0 Å². The SMILES string of the molecule is Cc1cc(C)n(CCc2nc(C(C)C)nn2-c2ccccn2)c(=O)n1. The van der Waals surface area contributed by atoms with Crippen molar-refractivity contribution in [3.63, 3.8) is 0 Å². The first kappa shape index (κ1) is 17.0. The fourth-order valence-corrected chi connectivity index (χ4v) is 2.69. The molecule has 3 heterocycles. The molecule has 130 valence electrons. The van der Waals surface area contributed by atoms with Crippen LogP contribution in [0.5, 0.6) is 0 Å². The summed E-state index contributed by atoms with van der Waals surface area (Å²) in [5.41, 5.74) is 1.40. The monoisotopic (exact) mass is 338 g/mol. The van der Waals surface area contributed by atoms with E-state index in [1.54, 1.807) is 15.4 Å². The highest BCUT2D eigenvalue weighted by Gasteiger charge is 2.15. The van der Waals surface area contributed by atoms with Crippen molar-refractivity contribution in [3.8, 4) is 5.82 Å². The maximum atomic E-state index is 12.1. The van der Waals surface area contributed by atoms with Crippen LogP contribution in [0.2, 0.25) is 0 Å². The Morgan fingerprint density at radius 2 is 1.96 bits per heavy atom. The first-order chi connectivity index (χ1) is 12.0. The summed E-state index contributed by atoms with van der Waals surface area (Å²) in [4.78, 5) is 25.2. The van der Waals surface area contributed by atoms with E-state index in [4.69, 9.17) is 0 Å². The van der Waals surface area contributed by atoms with Gasteiger partial charge in [-0.1, -0.05) is 19.9 Å². The van der Waals surface area contributed by atoms with Gasteiger partial charge in [-0.15, -0.1) is 5.10 Å². The zero-order valence-corrected chi connectivity index (χ0v) is 15.0. The molecule has 7 nitrogen and oxygen atoms in total. The number of pyridine rings is 1. The van der Waals surface area contributed by atoms with Crippen LogP contribution in [0.15, 0.2) is 35.3 Å². The zero-order valence-electron chi connectivity index (χ0n) is 15.0. The van der Waals surface area contributed by atoms with Crippen molar-refractivity contribution in [2.75, 3.05) is 0 Å². The second kappa shape index (κ2) is 6.96. The standard InChI is InChI=1S/C18H22N6O/c1-12(2)17-21-16(24(22-17)15-7-5-6-9-19-15)8-10-23-14(4)11-13(3)20-18(23)25/h5-7,9,11-12H,8,10H2,1-4H3. The number of aromatic nitrogens is 6. The fourth-order valence-electron chi connectivity index (χ4n) is 2.69. The highest BCUT2D eigenvalue weighted by molar-refractivity contribution is 5.22. The molecule has 0 unspecified atom stereocenters. The molecule has 0 saturated heterocycles. The third kappa shape index (κ3) is 3.65. The highest BCUT2D eigenvalue weighted by atomic mass is 16.1. The molecule has 0 aliphatic rings. The molecule has 0 N–H and O–H groups in total. The second-order valence-corrected chi connectivity index (χ2v) is 6.36. The lowest BCUT2D eigenvalue weighted by atomic mass is 10.2. The minimum atomic E-state index is -0.231. The molecule has 3 rings (SSSR count). The van der Waals surface area contributed by atoms with Gasteiger partial charge in [0, 0.05) is 36.5 Å². The molecule has 7 heteroatoms. The van der Waals surface area contributed by atoms with Crippen LogP contribution in [0.1, 0.15) is 42.8 Å². The van der Waals surface area contributed by atoms with Crippen molar-refractivity contribution in [2.24, 2.45) is 0 Å². The number of aryl methyl sites for hydroxylation is 3. The van der Waals surface area contributed by atoms with Crippen LogP contribution in [-0.4, -0.2) is 29.3 Å². The average molecular weight is 338 g/mol. The molecule has 0 bridgehead atoms. The van der Waals surface area contributed by atoms with Gasteiger partial charge in [0.2, 0.25) is 0 Å². The van der Waals surface area contributed by atoms with Gasteiger partial charge in [-0.05, 0) is 32.0 Å². The van der Waals surface area contributed by atoms with Crippen LogP contribution in [0.25, 0.3) is 5.82 Å². The van der Waals surface area contributed by atoms with Crippen LogP contribution in [0.3, 0.4) is 0 Å². The molecule has 0 aromatic carbocycles. The molecule has 0 saturated carbocycles. The van der Waals surface area contributed by atoms with Crippen molar-refractivity contribution in [1.82, 2.24) is 29.3 Å². The van der Waals surface area contributed by atoms with Gasteiger partial charge in [-0.3, -0.25) is 4.57 Å². The molecular weight excluding hydrogens is 316 g/mol. The van der Waals surface area contributed by atoms with Gasteiger partial charge in [0.15, 0.2) is 11.6 Å². The quantitative estimate of drug-likeness (QED) is 0.712. The Kier molecular flexibility index (Phi) is 4.74. The minimum absolute atomic E-state index is 0.217. The predicted molar refractivity (Wildman–Crippen MR) is 94.9 cm³/mol. The topological polar surface area (TPSA) is 78.5 Å². The lowest BCUT2D eigenvalue weighted by Crippen LogP contribution is -2.27. The number of rotatable bonds is 5. The lowest BCUT2D eigenvalue weighted by Gasteiger charge is -2.10. The highest BCUT2D eigenvalue weighted by Crippen LogP contribution is 2.14. The van der Waals surface area contributed by atoms with Gasteiger partial charge < -0.3 is 0 Å². The Morgan fingerprint density at radius 3 is 2.60 bits per heavy atom. The summed E-state index contributed by atoms with van der Waals surface area (Å²) >= 11 is 0. The molecular formula is C18H22N6O. The summed E-state index contributed by atoms with van der Waals surface area (Å²) in [7, 11) is 0. The van der Waals surface area contributed by atoms with Crippen molar-refractivity contribution < 1.29 is 0 Å². The molecule has 0 aliphatic carbocycles. The summed E-state index contributed by atoms with van der Waals surface area (Å²) in [6.45, 7) is 8.35. The molecule has 0 aliphatic heterocycles. The van der Waals surface area contributed by atoms with Gasteiger partial charge >= 0.3 is 5.69 Å². The van der Waals surface area contributed by atoms with Crippen molar-refractivity contribution in [1.29, 1.82) is 0 Å². The number of nitrogens with zero attached hydrogens (tertiary/aromatic N) is 6. The van der Waals surface area contributed by atoms with E-state index in [1.165, 1.54) is 0 Å². The Morgan fingerprint density at radius 1 is 1.16 bits per heavy atom. The Labute approximate surface area is 146 Å². The third-order valence-corrected chi connectivity index (χ3v) is 3.98. The van der Waals surface area contributed by atoms with E-state index in [0.29, 0.717) is 13.0 Å². The van der Waals surface area contributed by atoms with E-state index in [2.05, 4.69) is 33.9 Å². The van der Waals surface area contributed by atoms with E-state index < -0.39 is 0 Å². The summed E-state index contributed by atoms with van der Waals surface area (Å²) in [6.07, 6.45) is 2.30. The molecule has 0 radical (unpaired) electrons. The zero-order chi connectivity index (χ0) is 18.0. The fraction of sp³-hybridized carbons (Fsp3) is 0.389. The maximum absolute atomic E-state index is 12.1. The molecule has 0 fully saturated rings. The van der Waals surface area contributed by atoms with E-state index in [9.17, 15) is 4.79 Å². The molecule has 0 amide bonds. The van der Waals surface area contributed by atoms with E-state index >= 15 is 0 Å². The van der Waals surface area contributed by atoms with Crippen LogP contribution in [-0.2, 0) is 13.0 Å². The van der Waals surface area contributed by atoms with Gasteiger partial charge in [0.1, 0.15) is 5.82 Å². The molecule has 3 aromatic rings. The molecule has 3 aromatic heterocycles. The van der Waals surface area contributed by atoms with Crippen LogP contribution in [0, 0.1) is 13.8 Å². The van der Waals surface area contributed by atoms with Gasteiger partial charge in [-0.25, -0.2) is 14.8 Å². The summed E-state index contributed by atoms with van der Waals surface area (Å²) in [6, 6.07) is 7.59. The summed E-state index contributed by atoms with van der Waals surface area (Å²) < 4.78 is 3.43. The first-order valence-corrected chi connectivity index (χ1v) is 8.38. The normalized spacial score (nSPS) is 11.2. The number of hydrogen-bond donors (Lipinski definition) is 0. The smallest absolute Gasteiger partial charge is 0.296 e. The number of hydrogen-bond acceptors (Lipinski definition) is 5. The maximum Gasteiger partial charge on any atom is 0.347 e. The Bertz CT molecular complexity index is 926. The van der Waals surface area contributed by atoms with Gasteiger partial charge in [0.25, 0.3) is 0 Å². The lowest BCUT2D eigenvalue weighted by molar-refractivity contribution is 0.599. The molecule has 25 heavy (non-hydrogen) atoms.